The van der Waals surface area contributed by atoms with Crippen LogP contribution in [0.4, 0.5) is 0 Å². The van der Waals surface area contributed by atoms with E-state index in [0.717, 1.165) is 0 Å². The van der Waals surface area contributed by atoms with Gasteiger partial charge in [-0.05, 0) is 34.6 Å². The zero-order valence-electron chi connectivity index (χ0n) is 12.1. The SMILES string of the molecule is CCOC(=O)CCN(C(C)C)[C@@H](C)C(=O)OCC. The van der Waals surface area contributed by atoms with E-state index in [1.54, 1.807) is 20.8 Å². The Balaban J connectivity index is 4.38. The second-order valence-corrected chi connectivity index (χ2v) is 4.31. The van der Waals surface area contributed by atoms with E-state index in [9.17, 15) is 9.59 Å². The molecule has 0 heterocycles. The molecule has 0 aliphatic rings. The molecule has 0 saturated heterocycles. The maximum atomic E-state index is 11.7. The van der Waals surface area contributed by atoms with Crippen molar-refractivity contribution < 1.29 is 19.1 Å². The third kappa shape index (κ3) is 6.00. The lowest BCUT2D eigenvalue weighted by atomic mass is 10.2. The van der Waals surface area contributed by atoms with Gasteiger partial charge in [0, 0.05) is 12.6 Å². The summed E-state index contributed by atoms with van der Waals surface area (Å²) in [5, 5.41) is 0. The fourth-order valence-electron chi connectivity index (χ4n) is 1.75. The highest BCUT2D eigenvalue weighted by molar-refractivity contribution is 5.75. The second kappa shape index (κ2) is 8.91. The van der Waals surface area contributed by atoms with Crippen molar-refractivity contribution in [1.29, 1.82) is 0 Å². The number of hydrogen-bond acceptors (Lipinski definition) is 5. The Bertz CT molecular complexity index is 266. The Kier molecular flexibility index (Phi) is 8.37. The molecule has 1 atom stereocenters. The number of hydrogen-bond donors (Lipinski definition) is 0. The highest BCUT2D eigenvalue weighted by Crippen LogP contribution is 2.08. The molecule has 0 fully saturated rings. The molecule has 0 aromatic rings. The van der Waals surface area contributed by atoms with Gasteiger partial charge in [0.25, 0.3) is 0 Å². The smallest absolute Gasteiger partial charge is 0.323 e. The Hall–Kier alpha value is -1.10. The summed E-state index contributed by atoms with van der Waals surface area (Å²) >= 11 is 0. The molecule has 0 N–H and O–H groups in total. The molecule has 0 amide bonds. The minimum Gasteiger partial charge on any atom is -0.466 e. The van der Waals surface area contributed by atoms with E-state index < -0.39 is 0 Å². The van der Waals surface area contributed by atoms with Gasteiger partial charge in [-0.3, -0.25) is 14.5 Å². The molecular formula is C13H25NO4. The van der Waals surface area contributed by atoms with Gasteiger partial charge < -0.3 is 9.47 Å². The third-order valence-corrected chi connectivity index (χ3v) is 2.67. The third-order valence-electron chi connectivity index (χ3n) is 2.67. The minimum absolute atomic E-state index is 0.166. The monoisotopic (exact) mass is 259 g/mol. The van der Waals surface area contributed by atoms with Gasteiger partial charge in [0.05, 0.1) is 19.6 Å². The predicted molar refractivity (Wildman–Crippen MR) is 69.2 cm³/mol. The minimum atomic E-state index is -0.348. The maximum Gasteiger partial charge on any atom is 0.323 e. The van der Waals surface area contributed by atoms with Crippen LogP contribution in [-0.4, -0.2) is 48.7 Å². The quantitative estimate of drug-likeness (QED) is 0.620. The van der Waals surface area contributed by atoms with Crippen LogP contribution in [0.25, 0.3) is 0 Å². The summed E-state index contributed by atoms with van der Waals surface area (Å²) in [6, 6.07) is -0.182. The molecular weight excluding hydrogens is 234 g/mol. The summed E-state index contributed by atoms with van der Waals surface area (Å²) in [5.41, 5.74) is 0. The Labute approximate surface area is 109 Å². The van der Waals surface area contributed by atoms with E-state index in [4.69, 9.17) is 9.47 Å². The summed E-state index contributed by atoms with van der Waals surface area (Å²) in [6.07, 6.45) is 0.287. The van der Waals surface area contributed by atoms with Crippen molar-refractivity contribution in [1.82, 2.24) is 4.90 Å². The molecule has 5 nitrogen and oxygen atoms in total. The molecule has 0 unspecified atom stereocenters. The number of carbonyl (C=O) groups excluding carboxylic acids is 2. The summed E-state index contributed by atoms with van der Waals surface area (Å²) in [5.74, 6) is -0.491. The Morgan fingerprint density at radius 3 is 2.06 bits per heavy atom. The van der Waals surface area contributed by atoms with Gasteiger partial charge in [-0.15, -0.1) is 0 Å². The predicted octanol–water partition coefficient (Wildman–Crippen LogP) is 1.60. The average molecular weight is 259 g/mol. The molecule has 0 spiro atoms. The van der Waals surface area contributed by atoms with Crippen molar-refractivity contribution in [3.63, 3.8) is 0 Å². The van der Waals surface area contributed by atoms with Crippen molar-refractivity contribution in [3.8, 4) is 0 Å². The highest BCUT2D eigenvalue weighted by atomic mass is 16.5. The fraction of sp³-hybridized carbons (Fsp3) is 0.846. The van der Waals surface area contributed by atoms with Crippen LogP contribution < -0.4 is 0 Å². The van der Waals surface area contributed by atoms with Crippen molar-refractivity contribution in [2.24, 2.45) is 0 Å². The van der Waals surface area contributed by atoms with Crippen LogP contribution in [0, 0.1) is 0 Å². The molecule has 0 bridgehead atoms. The summed E-state index contributed by atoms with van der Waals surface area (Å²) in [4.78, 5) is 24.9. The van der Waals surface area contributed by atoms with E-state index in [2.05, 4.69) is 0 Å². The van der Waals surface area contributed by atoms with Gasteiger partial charge in [-0.25, -0.2) is 0 Å². The number of carbonyl (C=O) groups is 2. The molecule has 0 aliphatic heterocycles. The van der Waals surface area contributed by atoms with Crippen molar-refractivity contribution in [3.05, 3.63) is 0 Å². The zero-order valence-corrected chi connectivity index (χ0v) is 12.1. The number of ether oxygens (including phenoxy) is 2. The van der Waals surface area contributed by atoms with Crippen molar-refractivity contribution in [2.45, 2.75) is 53.1 Å². The lowest BCUT2D eigenvalue weighted by Crippen LogP contribution is -2.45. The normalized spacial score (nSPS) is 12.6. The van der Waals surface area contributed by atoms with Crippen molar-refractivity contribution in [2.75, 3.05) is 19.8 Å². The number of rotatable bonds is 8. The van der Waals surface area contributed by atoms with Gasteiger partial charge in [0.2, 0.25) is 0 Å². The van der Waals surface area contributed by atoms with Crippen LogP contribution in [0.1, 0.15) is 41.0 Å². The van der Waals surface area contributed by atoms with E-state index in [0.29, 0.717) is 19.8 Å². The lowest BCUT2D eigenvalue weighted by molar-refractivity contribution is -0.151. The van der Waals surface area contributed by atoms with E-state index in [1.165, 1.54) is 0 Å². The molecule has 0 rings (SSSR count). The van der Waals surface area contributed by atoms with Gasteiger partial charge in [-0.2, -0.15) is 0 Å². The standard InChI is InChI=1S/C13H25NO4/c1-6-17-12(15)8-9-14(10(3)4)11(5)13(16)18-7-2/h10-11H,6-9H2,1-5H3/t11-/m0/s1. The van der Waals surface area contributed by atoms with Gasteiger partial charge in [0.15, 0.2) is 0 Å². The zero-order chi connectivity index (χ0) is 14.1. The summed E-state index contributed by atoms with van der Waals surface area (Å²) in [6.45, 7) is 10.6. The van der Waals surface area contributed by atoms with Gasteiger partial charge >= 0.3 is 11.9 Å². The molecule has 5 heteroatoms. The first-order chi connectivity index (χ1) is 8.43. The first kappa shape index (κ1) is 16.9. The molecule has 0 radical (unpaired) electrons. The first-order valence-electron chi connectivity index (χ1n) is 6.51. The molecule has 0 saturated carbocycles. The van der Waals surface area contributed by atoms with Crippen LogP contribution in [0.5, 0.6) is 0 Å². The average Bonchev–Trinajstić information content (AvgIpc) is 2.29. The van der Waals surface area contributed by atoms with Gasteiger partial charge in [0.1, 0.15) is 6.04 Å². The topological polar surface area (TPSA) is 55.8 Å². The Morgan fingerprint density at radius 2 is 1.61 bits per heavy atom. The largest absolute Gasteiger partial charge is 0.466 e. The van der Waals surface area contributed by atoms with Crippen LogP contribution in [0.15, 0.2) is 0 Å². The Morgan fingerprint density at radius 1 is 1.06 bits per heavy atom. The van der Waals surface area contributed by atoms with E-state index in [1.807, 2.05) is 18.7 Å². The number of esters is 2. The van der Waals surface area contributed by atoms with E-state index in [-0.39, 0.29) is 30.4 Å². The molecule has 0 aromatic heterocycles. The van der Waals surface area contributed by atoms with Crippen LogP contribution in [-0.2, 0) is 19.1 Å². The van der Waals surface area contributed by atoms with E-state index >= 15 is 0 Å². The molecule has 18 heavy (non-hydrogen) atoms. The molecule has 0 aliphatic carbocycles. The maximum absolute atomic E-state index is 11.7. The number of nitrogens with zero attached hydrogens (tertiary/aromatic N) is 1. The van der Waals surface area contributed by atoms with Crippen molar-refractivity contribution >= 4 is 11.9 Å². The highest BCUT2D eigenvalue weighted by Gasteiger charge is 2.25. The lowest BCUT2D eigenvalue weighted by Gasteiger charge is -2.30. The summed E-state index contributed by atoms with van der Waals surface area (Å²) in [7, 11) is 0. The molecule has 0 aromatic carbocycles. The second-order valence-electron chi connectivity index (χ2n) is 4.31. The van der Waals surface area contributed by atoms with Gasteiger partial charge in [-0.1, -0.05) is 0 Å². The van der Waals surface area contributed by atoms with Crippen LogP contribution >= 0.6 is 0 Å². The van der Waals surface area contributed by atoms with Crippen LogP contribution in [0.3, 0.4) is 0 Å². The molecule has 106 valence electrons. The first-order valence-corrected chi connectivity index (χ1v) is 6.51. The van der Waals surface area contributed by atoms with Crippen LogP contribution in [0.2, 0.25) is 0 Å². The summed E-state index contributed by atoms with van der Waals surface area (Å²) < 4.78 is 9.87. The fourth-order valence-corrected chi connectivity index (χ4v) is 1.75.